The molecule has 0 atom stereocenters. The predicted molar refractivity (Wildman–Crippen MR) is 73.2 cm³/mol. The Bertz CT molecular complexity index is 541. The van der Waals surface area contributed by atoms with Crippen LogP contribution in [0, 0.1) is 17.1 Å². The third-order valence-corrected chi connectivity index (χ3v) is 2.93. The highest BCUT2D eigenvalue weighted by Gasteiger charge is 2.13. The maximum absolute atomic E-state index is 12.8. The zero-order chi connectivity index (χ0) is 14.4. The molecule has 0 bridgehead atoms. The van der Waals surface area contributed by atoms with Gasteiger partial charge < -0.3 is 15.5 Å². The summed E-state index contributed by atoms with van der Waals surface area (Å²) in [5, 5.41) is 14.8. The molecule has 20 heavy (non-hydrogen) atoms. The summed E-state index contributed by atoms with van der Waals surface area (Å²) in [5.41, 5.74) is 0.495. The third kappa shape index (κ3) is 3.80. The summed E-state index contributed by atoms with van der Waals surface area (Å²) in [4.78, 5) is 13.9. The van der Waals surface area contributed by atoms with Gasteiger partial charge in [-0.3, -0.25) is 4.79 Å². The molecule has 2 rings (SSSR count). The fraction of sp³-hybridized carbons (Fsp3) is 0.286. The molecule has 0 saturated carbocycles. The number of rotatable bonds is 3. The average molecular weight is 274 g/mol. The van der Waals surface area contributed by atoms with Crippen molar-refractivity contribution >= 4 is 11.6 Å². The van der Waals surface area contributed by atoms with Crippen LogP contribution in [-0.2, 0) is 4.79 Å². The normalized spacial score (nSPS) is 15.6. The molecule has 0 spiro atoms. The van der Waals surface area contributed by atoms with Crippen LogP contribution < -0.4 is 10.6 Å². The second-order valence-corrected chi connectivity index (χ2v) is 4.40. The monoisotopic (exact) mass is 274 g/mol. The van der Waals surface area contributed by atoms with Crippen LogP contribution in [0.25, 0.3) is 0 Å². The summed E-state index contributed by atoms with van der Waals surface area (Å²) in [6, 6.07) is 7.30. The lowest BCUT2D eigenvalue weighted by atomic mass is 10.2. The summed E-state index contributed by atoms with van der Waals surface area (Å²) in [5.74, 6) is -0.863. The van der Waals surface area contributed by atoms with Gasteiger partial charge in [0.1, 0.15) is 17.5 Å². The van der Waals surface area contributed by atoms with E-state index in [9.17, 15) is 9.18 Å². The number of amides is 1. The van der Waals surface area contributed by atoms with Gasteiger partial charge in [-0.25, -0.2) is 4.39 Å². The first-order valence-corrected chi connectivity index (χ1v) is 6.32. The Labute approximate surface area is 116 Å². The van der Waals surface area contributed by atoms with Gasteiger partial charge in [-0.15, -0.1) is 0 Å². The van der Waals surface area contributed by atoms with Crippen molar-refractivity contribution in [1.29, 1.82) is 5.26 Å². The van der Waals surface area contributed by atoms with E-state index in [2.05, 4.69) is 10.6 Å². The molecule has 2 N–H and O–H groups in total. The molecule has 1 saturated heterocycles. The quantitative estimate of drug-likeness (QED) is 0.639. The van der Waals surface area contributed by atoms with Crippen LogP contribution in [0.5, 0.6) is 0 Å². The van der Waals surface area contributed by atoms with Crippen molar-refractivity contribution in [2.75, 3.05) is 31.5 Å². The van der Waals surface area contributed by atoms with Crippen LogP contribution in [0.3, 0.4) is 0 Å². The van der Waals surface area contributed by atoms with Gasteiger partial charge in [-0.05, 0) is 24.3 Å². The van der Waals surface area contributed by atoms with Crippen molar-refractivity contribution in [2.24, 2.45) is 0 Å². The van der Waals surface area contributed by atoms with Gasteiger partial charge in [0, 0.05) is 38.1 Å². The van der Waals surface area contributed by atoms with E-state index >= 15 is 0 Å². The van der Waals surface area contributed by atoms with Crippen molar-refractivity contribution in [1.82, 2.24) is 10.2 Å². The maximum Gasteiger partial charge on any atom is 0.267 e. The van der Waals surface area contributed by atoms with Crippen molar-refractivity contribution in [3.05, 3.63) is 41.9 Å². The van der Waals surface area contributed by atoms with E-state index in [4.69, 9.17) is 5.26 Å². The van der Waals surface area contributed by atoms with Crippen molar-refractivity contribution in [3.8, 4) is 6.07 Å². The first kappa shape index (κ1) is 14.0. The Morgan fingerprint density at radius 3 is 2.60 bits per heavy atom. The molecule has 6 heteroatoms. The minimum absolute atomic E-state index is 0.0382. The van der Waals surface area contributed by atoms with Crippen LogP contribution in [0.2, 0.25) is 0 Å². The molecule has 1 amide bonds. The molecule has 0 aliphatic carbocycles. The lowest BCUT2D eigenvalue weighted by Crippen LogP contribution is -2.41. The number of halogens is 1. The van der Waals surface area contributed by atoms with Crippen molar-refractivity contribution in [2.45, 2.75) is 0 Å². The predicted octanol–water partition coefficient (Wildman–Crippen LogP) is 1.08. The van der Waals surface area contributed by atoms with Crippen LogP contribution >= 0.6 is 0 Å². The number of carbonyl (C=O) groups excluding carboxylic acids is 1. The first-order valence-electron chi connectivity index (χ1n) is 6.32. The second kappa shape index (κ2) is 6.68. The van der Waals surface area contributed by atoms with Crippen molar-refractivity contribution < 1.29 is 9.18 Å². The molecule has 1 aliphatic heterocycles. The van der Waals surface area contributed by atoms with Gasteiger partial charge in [0.25, 0.3) is 5.91 Å². The van der Waals surface area contributed by atoms with Gasteiger partial charge in [0.05, 0.1) is 0 Å². The highest BCUT2D eigenvalue weighted by atomic mass is 19.1. The lowest BCUT2D eigenvalue weighted by molar-refractivity contribution is -0.112. The molecule has 0 aromatic heterocycles. The molecule has 5 nitrogen and oxygen atoms in total. The summed E-state index contributed by atoms with van der Waals surface area (Å²) in [7, 11) is 0. The SMILES string of the molecule is N#C/C(=C/N1CCNCC1)C(=O)Nc1ccc(F)cc1. The number of nitrogens with one attached hydrogen (secondary N) is 2. The van der Waals surface area contributed by atoms with Crippen LogP contribution in [-0.4, -0.2) is 37.0 Å². The number of hydrogen-bond donors (Lipinski definition) is 2. The highest BCUT2D eigenvalue weighted by Crippen LogP contribution is 2.10. The number of piperazine rings is 1. The number of carbonyl (C=O) groups is 1. The molecule has 1 fully saturated rings. The Hall–Kier alpha value is -2.39. The molecular weight excluding hydrogens is 259 g/mol. The number of anilines is 1. The summed E-state index contributed by atoms with van der Waals surface area (Å²) >= 11 is 0. The fourth-order valence-electron chi connectivity index (χ4n) is 1.86. The van der Waals surface area contributed by atoms with E-state index in [-0.39, 0.29) is 11.4 Å². The molecule has 1 heterocycles. The van der Waals surface area contributed by atoms with Gasteiger partial charge in [-0.1, -0.05) is 0 Å². The van der Waals surface area contributed by atoms with E-state index in [1.165, 1.54) is 24.3 Å². The molecule has 104 valence electrons. The summed E-state index contributed by atoms with van der Waals surface area (Å²) in [6.07, 6.45) is 1.57. The third-order valence-electron chi connectivity index (χ3n) is 2.93. The Kier molecular flexibility index (Phi) is 4.69. The van der Waals surface area contributed by atoms with Crippen LogP contribution in [0.15, 0.2) is 36.0 Å². The Morgan fingerprint density at radius 1 is 1.35 bits per heavy atom. The first-order chi connectivity index (χ1) is 9.69. The topological polar surface area (TPSA) is 68.2 Å². The zero-order valence-corrected chi connectivity index (χ0v) is 10.9. The molecule has 1 aromatic carbocycles. The van der Waals surface area contributed by atoms with Gasteiger partial charge in [-0.2, -0.15) is 5.26 Å². The van der Waals surface area contributed by atoms with E-state index in [0.29, 0.717) is 5.69 Å². The average Bonchev–Trinajstić information content (AvgIpc) is 2.48. The standard InChI is InChI=1S/C14H15FN4O/c15-12-1-3-13(4-2-12)18-14(20)11(9-16)10-19-7-5-17-6-8-19/h1-4,10,17H,5-8H2,(H,18,20)/b11-10-. The Morgan fingerprint density at radius 2 is 2.00 bits per heavy atom. The largest absolute Gasteiger partial charge is 0.374 e. The van der Waals surface area contributed by atoms with E-state index in [1.54, 1.807) is 6.20 Å². The van der Waals surface area contributed by atoms with Gasteiger partial charge >= 0.3 is 0 Å². The van der Waals surface area contributed by atoms with Crippen LogP contribution in [0.1, 0.15) is 0 Å². The van der Waals surface area contributed by atoms with Gasteiger partial charge in [0.2, 0.25) is 0 Å². The maximum atomic E-state index is 12.8. The lowest BCUT2D eigenvalue weighted by Gasteiger charge is -2.26. The minimum Gasteiger partial charge on any atom is -0.374 e. The highest BCUT2D eigenvalue weighted by molar-refractivity contribution is 6.06. The van der Waals surface area contributed by atoms with E-state index in [1.807, 2.05) is 11.0 Å². The minimum atomic E-state index is -0.488. The van der Waals surface area contributed by atoms with Crippen LogP contribution in [0.4, 0.5) is 10.1 Å². The molecule has 1 aliphatic rings. The smallest absolute Gasteiger partial charge is 0.267 e. The van der Waals surface area contributed by atoms with Crippen molar-refractivity contribution in [3.63, 3.8) is 0 Å². The molecule has 0 radical (unpaired) electrons. The number of hydrogen-bond acceptors (Lipinski definition) is 4. The Balaban J connectivity index is 2.03. The van der Waals surface area contributed by atoms with E-state index < -0.39 is 5.91 Å². The molecule has 1 aromatic rings. The molecular formula is C14H15FN4O. The zero-order valence-electron chi connectivity index (χ0n) is 10.9. The second-order valence-electron chi connectivity index (χ2n) is 4.40. The number of nitriles is 1. The fourth-order valence-corrected chi connectivity index (χ4v) is 1.86. The van der Waals surface area contributed by atoms with E-state index in [0.717, 1.165) is 26.2 Å². The summed E-state index contributed by atoms with van der Waals surface area (Å²) < 4.78 is 12.8. The van der Waals surface area contributed by atoms with Gasteiger partial charge in [0.15, 0.2) is 0 Å². The number of benzene rings is 1. The summed E-state index contributed by atoms with van der Waals surface area (Å²) in [6.45, 7) is 3.17. The number of nitrogens with zero attached hydrogens (tertiary/aromatic N) is 2. The molecule has 0 unspecified atom stereocenters.